The van der Waals surface area contributed by atoms with Gasteiger partial charge in [-0.25, -0.2) is 0 Å². The molecule has 0 spiro atoms. The summed E-state index contributed by atoms with van der Waals surface area (Å²) in [6.07, 6.45) is 5.31. The van der Waals surface area contributed by atoms with Crippen molar-refractivity contribution in [3.63, 3.8) is 0 Å². The smallest absolute Gasteiger partial charge is 0.161 e. The van der Waals surface area contributed by atoms with E-state index in [-0.39, 0.29) is 0 Å². The van der Waals surface area contributed by atoms with Crippen molar-refractivity contribution in [2.24, 2.45) is 0 Å². The molecular weight excluding hydrogens is 264 g/mol. The highest BCUT2D eigenvalue weighted by Crippen LogP contribution is 2.34. The maximum Gasteiger partial charge on any atom is 0.161 e. The molecule has 0 aliphatic rings. The number of anilines is 1. The number of hydrogen-bond acceptors (Lipinski definition) is 4. The average molecular weight is 286 g/mol. The van der Waals surface area contributed by atoms with E-state index < -0.39 is 0 Å². The number of nitrogens with two attached hydrogens (primary N) is 1. The summed E-state index contributed by atoms with van der Waals surface area (Å²) in [5, 5.41) is 0. The Hall–Kier alpha value is -2.23. The molecule has 0 radical (unpaired) electrons. The number of ether oxygens (including phenoxy) is 2. The molecule has 1 heterocycles. The lowest BCUT2D eigenvalue weighted by molar-refractivity contribution is 0.268. The normalized spacial score (nSPS) is 10.4. The van der Waals surface area contributed by atoms with Gasteiger partial charge in [-0.2, -0.15) is 0 Å². The highest BCUT2D eigenvalue weighted by atomic mass is 16.5. The summed E-state index contributed by atoms with van der Waals surface area (Å²) in [5.74, 6) is 1.54. The highest BCUT2D eigenvalue weighted by molar-refractivity contribution is 5.77. The molecule has 4 heteroatoms. The zero-order valence-electron chi connectivity index (χ0n) is 12.6. The van der Waals surface area contributed by atoms with Crippen LogP contribution in [0.1, 0.15) is 26.7 Å². The first-order chi connectivity index (χ1) is 10.3. The molecule has 0 aliphatic carbocycles. The second kappa shape index (κ2) is 7.53. The van der Waals surface area contributed by atoms with Crippen molar-refractivity contribution in [2.75, 3.05) is 18.9 Å². The molecule has 0 unspecified atom stereocenters. The topological polar surface area (TPSA) is 57.4 Å². The molecule has 2 aromatic rings. The summed E-state index contributed by atoms with van der Waals surface area (Å²) in [6.45, 7) is 5.51. The van der Waals surface area contributed by atoms with Crippen molar-refractivity contribution in [1.82, 2.24) is 4.98 Å². The van der Waals surface area contributed by atoms with Gasteiger partial charge in [0.2, 0.25) is 0 Å². The van der Waals surface area contributed by atoms with Crippen molar-refractivity contribution >= 4 is 5.69 Å². The van der Waals surface area contributed by atoms with E-state index in [9.17, 15) is 0 Å². The third-order valence-electron chi connectivity index (χ3n) is 3.03. The summed E-state index contributed by atoms with van der Waals surface area (Å²) in [4.78, 5) is 4.02. The van der Waals surface area contributed by atoms with Crippen LogP contribution >= 0.6 is 0 Å². The standard InChI is InChI=1S/C17H22N2O2/c1-3-9-20-16-6-5-13(11-17(16)21-10-4-2)14-7-8-19-12-15(14)18/h5-8,11-12H,3-4,9-10,18H2,1-2H3. The predicted molar refractivity (Wildman–Crippen MR) is 85.7 cm³/mol. The summed E-state index contributed by atoms with van der Waals surface area (Å²) in [6, 6.07) is 7.82. The molecule has 112 valence electrons. The first-order valence-electron chi connectivity index (χ1n) is 7.35. The van der Waals surface area contributed by atoms with E-state index in [2.05, 4.69) is 18.8 Å². The lowest BCUT2D eigenvalue weighted by atomic mass is 10.1. The molecule has 0 saturated carbocycles. The van der Waals surface area contributed by atoms with Crippen molar-refractivity contribution in [3.05, 3.63) is 36.7 Å². The van der Waals surface area contributed by atoms with Crippen LogP contribution in [-0.2, 0) is 0 Å². The lowest BCUT2D eigenvalue weighted by Gasteiger charge is -2.14. The second-order valence-electron chi connectivity index (χ2n) is 4.82. The number of hydrogen-bond donors (Lipinski definition) is 1. The minimum Gasteiger partial charge on any atom is -0.490 e. The molecule has 0 atom stereocenters. The Balaban J connectivity index is 2.34. The van der Waals surface area contributed by atoms with Crippen molar-refractivity contribution in [2.45, 2.75) is 26.7 Å². The van der Waals surface area contributed by atoms with Gasteiger partial charge in [0, 0.05) is 11.8 Å². The van der Waals surface area contributed by atoms with Crippen LogP contribution in [-0.4, -0.2) is 18.2 Å². The number of nitrogens with zero attached hydrogens (tertiary/aromatic N) is 1. The van der Waals surface area contributed by atoms with Gasteiger partial charge in [0.1, 0.15) is 0 Å². The zero-order chi connectivity index (χ0) is 15.1. The molecule has 2 rings (SSSR count). The molecule has 21 heavy (non-hydrogen) atoms. The van der Waals surface area contributed by atoms with E-state index in [1.807, 2.05) is 24.3 Å². The Morgan fingerprint density at radius 2 is 1.71 bits per heavy atom. The minimum absolute atomic E-state index is 0.654. The van der Waals surface area contributed by atoms with Crippen LogP contribution in [0.3, 0.4) is 0 Å². The third kappa shape index (κ3) is 3.88. The van der Waals surface area contributed by atoms with Crippen LogP contribution in [0.25, 0.3) is 11.1 Å². The lowest BCUT2D eigenvalue weighted by Crippen LogP contribution is -2.01. The third-order valence-corrected chi connectivity index (χ3v) is 3.03. The van der Waals surface area contributed by atoms with Gasteiger partial charge in [-0.15, -0.1) is 0 Å². The monoisotopic (exact) mass is 286 g/mol. The number of nitrogen functional groups attached to an aromatic ring is 1. The van der Waals surface area contributed by atoms with Gasteiger partial charge in [0.25, 0.3) is 0 Å². The summed E-state index contributed by atoms with van der Waals surface area (Å²) < 4.78 is 11.5. The molecule has 0 aliphatic heterocycles. The SMILES string of the molecule is CCCOc1ccc(-c2ccncc2N)cc1OCCC. The van der Waals surface area contributed by atoms with E-state index in [0.717, 1.165) is 35.5 Å². The van der Waals surface area contributed by atoms with Crippen molar-refractivity contribution in [3.8, 4) is 22.6 Å². The fourth-order valence-corrected chi connectivity index (χ4v) is 2.00. The van der Waals surface area contributed by atoms with Gasteiger partial charge in [0.05, 0.1) is 25.1 Å². The van der Waals surface area contributed by atoms with Gasteiger partial charge in [0.15, 0.2) is 11.5 Å². The maximum atomic E-state index is 5.99. The summed E-state index contributed by atoms with van der Waals surface area (Å²) in [7, 11) is 0. The number of aromatic nitrogens is 1. The van der Waals surface area contributed by atoms with Crippen LogP contribution in [0.2, 0.25) is 0 Å². The minimum atomic E-state index is 0.654. The Bertz CT molecular complexity index is 585. The van der Waals surface area contributed by atoms with Gasteiger partial charge in [-0.05, 0) is 36.6 Å². The van der Waals surface area contributed by atoms with Gasteiger partial charge in [-0.3, -0.25) is 4.98 Å². The van der Waals surface area contributed by atoms with Crippen molar-refractivity contribution in [1.29, 1.82) is 0 Å². The maximum absolute atomic E-state index is 5.99. The predicted octanol–water partition coefficient (Wildman–Crippen LogP) is 3.91. The second-order valence-corrected chi connectivity index (χ2v) is 4.82. The van der Waals surface area contributed by atoms with Crippen molar-refractivity contribution < 1.29 is 9.47 Å². The van der Waals surface area contributed by atoms with E-state index in [1.165, 1.54) is 0 Å². The Kier molecular flexibility index (Phi) is 5.43. The molecule has 1 aromatic carbocycles. The molecule has 0 saturated heterocycles. The fraction of sp³-hybridized carbons (Fsp3) is 0.353. The number of pyridine rings is 1. The fourth-order valence-electron chi connectivity index (χ4n) is 2.00. The van der Waals surface area contributed by atoms with Gasteiger partial charge < -0.3 is 15.2 Å². The van der Waals surface area contributed by atoms with E-state index >= 15 is 0 Å². The van der Waals surface area contributed by atoms with Crippen LogP contribution in [0.15, 0.2) is 36.7 Å². The van der Waals surface area contributed by atoms with Crippen LogP contribution in [0, 0.1) is 0 Å². The Morgan fingerprint density at radius 3 is 2.38 bits per heavy atom. The average Bonchev–Trinajstić information content (AvgIpc) is 2.52. The molecule has 2 N–H and O–H groups in total. The molecule has 0 amide bonds. The van der Waals surface area contributed by atoms with Crippen LogP contribution in [0.5, 0.6) is 11.5 Å². The van der Waals surface area contributed by atoms with Crippen LogP contribution in [0.4, 0.5) is 5.69 Å². The first kappa shape index (κ1) is 15.2. The highest BCUT2D eigenvalue weighted by Gasteiger charge is 2.09. The molecule has 0 fully saturated rings. The first-order valence-corrected chi connectivity index (χ1v) is 7.35. The Labute approximate surface area is 125 Å². The largest absolute Gasteiger partial charge is 0.490 e. The van der Waals surface area contributed by atoms with E-state index in [1.54, 1.807) is 12.4 Å². The molecular formula is C17H22N2O2. The van der Waals surface area contributed by atoms with Gasteiger partial charge in [-0.1, -0.05) is 19.9 Å². The van der Waals surface area contributed by atoms with E-state index in [4.69, 9.17) is 15.2 Å². The summed E-state index contributed by atoms with van der Waals surface area (Å²) in [5.41, 5.74) is 8.60. The van der Waals surface area contributed by atoms with Gasteiger partial charge >= 0.3 is 0 Å². The zero-order valence-corrected chi connectivity index (χ0v) is 12.6. The Morgan fingerprint density at radius 1 is 1.00 bits per heavy atom. The molecule has 0 bridgehead atoms. The number of rotatable bonds is 7. The number of benzene rings is 1. The van der Waals surface area contributed by atoms with Crippen LogP contribution < -0.4 is 15.2 Å². The molecule has 1 aromatic heterocycles. The molecule has 4 nitrogen and oxygen atoms in total. The quantitative estimate of drug-likeness (QED) is 0.838. The summed E-state index contributed by atoms with van der Waals surface area (Å²) >= 11 is 0. The van der Waals surface area contributed by atoms with E-state index in [0.29, 0.717) is 18.9 Å².